The summed E-state index contributed by atoms with van der Waals surface area (Å²) in [5.74, 6) is 0. The first-order valence-corrected chi connectivity index (χ1v) is 17.8. The van der Waals surface area contributed by atoms with Crippen molar-refractivity contribution in [3.63, 3.8) is 0 Å². The van der Waals surface area contributed by atoms with E-state index in [0.29, 0.717) is 0 Å². The van der Waals surface area contributed by atoms with Gasteiger partial charge in [0.15, 0.2) is 0 Å². The third-order valence-corrected chi connectivity index (χ3v) is 10.7. The SMILES string of the molecule is c1ccc(-c2ccc(-c3ccc(N(c4ccccc4)c4cc(-c5ccc(-c6ccccc6)cc5)cc5c4sc4ccccc45)cc3)cc2)cc1. The zero-order chi connectivity index (χ0) is 33.3. The second kappa shape index (κ2) is 13.0. The van der Waals surface area contributed by atoms with E-state index in [-0.39, 0.29) is 0 Å². The molecule has 0 N–H and O–H groups in total. The summed E-state index contributed by atoms with van der Waals surface area (Å²) < 4.78 is 2.57. The Kier molecular flexibility index (Phi) is 7.77. The largest absolute Gasteiger partial charge is 0.309 e. The fraction of sp³-hybridized carbons (Fsp3) is 0. The van der Waals surface area contributed by atoms with Crippen LogP contribution in [0.25, 0.3) is 64.7 Å². The Hall–Kier alpha value is -6.22. The van der Waals surface area contributed by atoms with Crippen molar-refractivity contribution in [2.45, 2.75) is 0 Å². The van der Waals surface area contributed by atoms with E-state index < -0.39 is 0 Å². The van der Waals surface area contributed by atoms with Gasteiger partial charge in [-0.25, -0.2) is 0 Å². The molecule has 0 amide bonds. The molecule has 0 bridgehead atoms. The predicted molar refractivity (Wildman–Crippen MR) is 216 cm³/mol. The molecule has 0 unspecified atom stereocenters. The lowest BCUT2D eigenvalue weighted by atomic mass is 9.97. The van der Waals surface area contributed by atoms with Crippen LogP contribution in [0.3, 0.4) is 0 Å². The predicted octanol–water partition coefficient (Wildman–Crippen LogP) is 14.2. The van der Waals surface area contributed by atoms with E-state index in [2.05, 4.69) is 205 Å². The number of hydrogen-bond acceptors (Lipinski definition) is 2. The summed E-state index contributed by atoms with van der Waals surface area (Å²) in [7, 11) is 0. The second-order valence-electron chi connectivity index (χ2n) is 12.6. The number of benzene rings is 8. The molecule has 8 aromatic carbocycles. The number of anilines is 3. The first kappa shape index (κ1) is 29.9. The summed E-state index contributed by atoms with van der Waals surface area (Å²) in [6, 6.07) is 72.3. The Morgan fingerprint density at radius 3 is 1.24 bits per heavy atom. The van der Waals surface area contributed by atoms with Crippen LogP contribution in [0.15, 0.2) is 200 Å². The molecular formula is C48H33NS. The van der Waals surface area contributed by atoms with E-state index in [9.17, 15) is 0 Å². The third kappa shape index (κ3) is 5.66. The van der Waals surface area contributed by atoms with E-state index in [0.717, 1.165) is 11.4 Å². The molecule has 0 saturated heterocycles. The molecule has 0 radical (unpaired) electrons. The molecule has 0 saturated carbocycles. The number of rotatable bonds is 7. The van der Waals surface area contributed by atoms with Crippen LogP contribution in [0.2, 0.25) is 0 Å². The van der Waals surface area contributed by atoms with E-state index in [1.807, 2.05) is 11.3 Å². The van der Waals surface area contributed by atoms with Gasteiger partial charge in [0.1, 0.15) is 0 Å². The van der Waals surface area contributed by atoms with Gasteiger partial charge < -0.3 is 4.90 Å². The van der Waals surface area contributed by atoms with E-state index in [1.165, 1.54) is 70.4 Å². The van der Waals surface area contributed by atoms with Crippen molar-refractivity contribution in [3.05, 3.63) is 200 Å². The molecule has 2 heteroatoms. The van der Waals surface area contributed by atoms with Crippen LogP contribution in [-0.2, 0) is 0 Å². The van der Waals surface area contributed by atoms with Crippen molar-refractivity contribution < 1.29 is 0 Å². The summed E-state index contributed by atoms with van der Waals surface area (Å²) in [6.45, 7) is 0. The fourth-order valence-electron chi connectivity index (χ4n) is 6.92. The van der Waals surface area contributed by atoms with E-state index in [4.69, 9.17) is 0 Å². The van der Waals surface area contributed by atoms with Crippen molar-refractivity contribution in [2.75, 3.05) is 4.90 Å². The second-order valence-corrected chi connectivity index (χ2v) is 13.6. The maximum Gasteiger partial charge on any atom is 0.0646 e. The zero-order valence-corrected chi connectivity index (χ0v) is 28.2. The Labute approximate surface area is 297 Å². The zero-order valence-electron chi connectivity index (χ0n) is 27.4. The highest BCUT2D eigenvalue weighted by molar-refractivity contribution is 7.26. The van der Waals surface area contributed by atoms with Gasteiger partial charge in [-0.05, 0) is 87.0 Å². The van der Waals surface area contributed by atoms with Gasteiger partial charge >= 0.3 is 0 Å². The number of thiophene rings is 1. The molecule has 9 aromatic rings. The van der Waals surface area contributed by atoms with Crippen LogP contribution in [0.5, 0.6) is 0 Å². The van der Waals surface area contributed by atoms with E-state index >= 15 is 0 Å². The molecule has 0 aliphatic carbocycles. The van der Waals surface area contributed by atoms with Gasteiger partial charge in [-0.3, -0.25) is 0 Å². The van der Waals surface area contributed by atoms with Crippen LogP contribution in [0.4, 0.5) is 17.1 Å². The van der Waals surface area contributed by atoms with Crippen molar-refractivity contribution in [1.29, 1.82) is 0 Å². The van der Waals surface area contributed by atoms with Gasteiger partial charge in [-0.15, -0.1) is 11.3 Å². The summed E-state index contributed by atoms with van der Waals surface area (Å²) in [5, 5.41) is 2.57. The van der Waals surface area contributed by atoms with Crippen LogP contribution >= 0.6 is 11.3 Å². The molecular weight excluding hydrogens is 623 g/mol. The molecule has 9 rings (SSSR count). The molecule has 0 aliphatic rings. The average Bonchev–Trinajstić information content (AvgIpc) is 3.58. The molecule has 0 atom stereocenters. The van der Waals surface area contributed by atoms with Crippen LogP contribution in [0, 0.1) is 0 Å². The first-order valence-electron chi connectivity index (χ1n) is 17.0. The number of hydrogen-bond donors (Lipinski definition) is 0. The third-order valence-electron chi connectivity index (χ3n) is 9.49. The minimum Gasteiger partial charge on any atom is -0.309 e. The standard InChI is InChI=1S/C48H33NS/c1-4-12-34(13-5-1)36-20-22-38(23-21-36)39-28-30-43(31-29-39)49(42-16-8-3-9-17-42)46-33-41(32-45-44-18-10-11-19-47(44)50-48(45)46)40-26-24-37(25-27-40)35-14-6-2-7-15-35/h1-33H. The summed E-state index contributed by atoms with van der Waals surface area (Å²) in [5.41, 5.74) is 13.1. The van der Waals surface area contributed by atoms with Crippen LogP contribution in [0.1, 0.15) is 0 Å². The highest BCUT2D eigenvalue weighted by Crippen LogP contribution is 2.47. The quantitative estimate of drug-likeness (QED) is 0.165. The van der Waals surface area contributed by atoms with Crippen LogP contribution < -0.4 is 4.90 Å². The molecule has 50 heavy (non-hydrogen) atoms. The maximum atomic E-state index is 2.42. The Balaban J connectivity index is 1.16. The van der Waals surface area contributed by atoms with Gasteiger partial charge in [0.05, 0.1) is 10.4 Å². The summed E-state index contributed by atoms with van der Waals surface area (Å²) in [6.07, 6.45) is 0. The number of fused-ring (bicyclic) bond motifs is 3. The molecule has 236 valence electrons. The van der Waals surface area contributed by atoms with Gasteiger partial charge in [-0.1, -0.05) is 158 Å². The molecule has 1 aromatic heterocycles. The van der Waals surface area contributed by atoms with Crippen molar-refractivity contribution in [1.82, 2.24) is 0 Å². The lowest BCUT2D eigenvalue weighted by Gasteiger charge is -2.27. The van der Waals surface area contributed by atoms with E-state index in [1.54, 1.807) is 0 Å². The normalized spacial score (nSPS) is 11.2. The average molecular weight is 656 g/mol. The number of para-hydroxylation sites is 1. The summed E-state index contributed by atoms with van der Waals surface area (Å²) in [4.78, 5) is 2.42. The molecule has 0 aliphatic heterocycles. The first-order chi connectivity index (χ1) is 24.8. The number of nitrogens with zero attached hydrogens (tertiary/aromatic N) is 1. The summed E-state index contributed by atoms with van der Waals surface area (Å²) >= 11 is 1.87. The molecule has 1 nitrogen and oxygen atoms in total. The van der Waals surface area contributed by atoms with Gasteiger partial charge in [-0.2, -0.15) is 0 Å². The monoisotopic (exact) mass is 655 g/mol. The minimum atomic E-state index is 1.12. The van der Waals surface area contributed by atoms with Crippen LogP contribution in [-0.4, -0.2) is 0 Å². The van der Waals surface area contributed by atoms with Crippen molar-refractivity contribution >= 4 is 48.6 Å². The highest BCUT2D eigenvalue weighted by atomic mass is 32.1. The molecule has 0 spiro atoms. The lowest BCUT2D eigenvalue weighted by molar-refractivity contribution is 1.30. The molecule has 0 fully saturated rings. The van der Waals surface area contributed by atoms with Crippen molar-refractivity contribution in [2.24, 2.45) is 0 Å². The molecule has 1 heterocycles. The lowest BCUT2D eigenvalue weighted by Crippen LogP contribution is -2.10. The van der Waals surface area contributed by atoms with Gasteiger partial charge in [0, 0.05) is 26.8 Å². The minimum absolute atomic E-state index is 1.12. The fourth-order valence-corrected chi connectivity index (χ4v) is 8.11. The van der Waals surface area contributed by atoms with Gasteiger partial charge in [0.2, 0.25) is 0 Å². The Bertz CT molecular complexity index is 2530. The Morgan fingerprint density at radius 2 is 0.700 bits per heavy atom. The van der Waals surface area contributed by atoms with Crippen molar-refractivity contribution in [3.8, 4) is 44.5 Å². The maximum absolute atomic E-state index is 2.42. The Morgan fingerprint density at radius 1 is 0.300 bits per heavy atom. The smallest absolute Gasteiger partial charge is 0.0646 e. The topological polar surface area (TPSA) is 3.24 Å². The highest BCUT2D eigenvalue weighted by Gasteiger charge is 2.20. The van der Waals surface area contributed by atoms with Gasteiger partial charge in [0.25, 0.3) is 0 Å².